The van der Waals surface area contributed by atoms with Crippen LogP contribution in [0.5, 0.6) is 0 Å². The molecule has 2 rings (SSSR count). The minimum atomic E-state index is -0.263. The highest BCUT2D eigenvalue weighted by molar-refractivity contribution is 5.77. The number of carbonyl (C=O) groups excluding carboxylic acids is 1. The lowest BCUT2D eigenvalue weighted by atomic mass is 9.98. The molecule has 1 aromatic rings. The van der Waals surface area contributed by atoms with Gasteiger partial charge in [0, 0.05) is 6.04 Å². The summed E-state index contributed by atoms with van der Waals surface area (Å²) in [5, 5.41) is 0. The van der Waals surface area contributed by atoms with Crippen molar-refractivity contribution in [1.29, 1.82) is 0 Å². The van der Waals surface area contributed by atoms with Crippen molar-refractivity contribution in [3.63, 3.8) is 0 Å². The topological polar surface area (TPSA) is 29.5 Å². The highest BCUT2D eigenvalue weighted by Gasteiger charge is 2.37. The van der Waals surface area contributed by atoms with Crippen molar-refractivity contribution in [1.82, 2.24) is 4.90 Å². The Morgan fingerprint density at radius 1 is 1.32 bits per heavy atom. The number of likely N-dealkylation sites (tertiary alicyclic amines) is 1. The summed E-state index contributed by atoms with van der Waals surface area (Å²) in [7, 11) is 1.47. The van der Waals surface area contributed by atoms with Gasteiger partial charge in [0.05, 0.1) is 7.11 Å². The molecule has 1 saturated heterocycles. The number of hydrogen-bond acceptors (Lipinski definition) is 3. The lowest BCUT2D eigenvalue weighted by molar-refractivity contribution is -0.148. The molecule has 19 heavy (non-hydrogen) atoms. The van der Waals surface area contributed by atoms with Gasteiger partial charge in [0.25, 0.3) is 0 Å². The van der Waals surface area contributed by atoms with Crippen molar-refractivity contribution in [3.8, 4) is 0 Å². The highest BCUT2D eigenvalue weighted by atomic mass is 16.5. The second-order valence-corrected chi connectivity index (χ2v) is 5.53. The molecule has 1 aromatic carbocycles. The third-order valence-corrected chi connectivity index (χ3v) is 3.98. The van der Waals surface area contributed by atoms with Crippen molar-refractivity contribution in [2.24, 2.45) is 5.92 Å². The Labute approximate surface area is 115 Å². The predicted molar refractivity (Wildman–Crippen MR) is 75.8 cm³/mol. The number of hydrogen-bond donors (Lipinski definition) is 0. The van der Waals surface area contributed by atoms with Gasteiger partial charge in [-0.05, 0) is 30.9 Å². The zero-order chi connectivity index (χ0) is 13.8. The molecule has 0 N–H and O–H groups in total. The summed E-state index contributed by atoms with van der Waals surface area (Å²) in [4.78, 5) is 14.5. The Hall–Kier alpha value is -1.35. The fourth-order valence-electron chi connectivity index (χ4n) is 3.06. The zero-order valence-electron chi connectivity index (χ0n) is 12.0. The van der Waals surface area contributed by atoms with Crippen LogP contribution in [-0.4, -0.2) is 30.6 Å². The smallest absolute Gasteiger partial charge is 0.327 e. The van der Waals surface area contributed by atoms with Gasteiger partial charge in [-0.15, -0.1) is 0 Å². The van der Waals surface area contributed by atoms with Crippen LogP contribution in [0.1, 0.15) is 38.3 Å². The van der Waals surface area contributed by atoms with Crippen LogP contribution in [0, 0.1) is 5.92 Å². The van der Waals surface area contributed by atoms with Gasteiger partial charge in [-0.2, -0.15) is 0 Å². The van der Waals surface area contributed by atoms with E-state index >= 15 is 0 Å². The molecule has 3 nitrogen and oxygen atoms in total. The molecule has 1 heterocycles. The second-order valence-electron chi connectivity index (χ2n) is 5.53. The van der Waals surface area contributed by atoms with Crippen molar-refractivity contribution in [2.45, 2.75) is 38.8 Å². The Bertz CT molecular complexity index is 416. The van der Waals surface area contributed by atoms with Crippen molar-refractivity contribution < 1.29 is 9.53 Å². The molecule has 0 unspecified atom stereocenters. The van der Waals surface area contributed by atoms with Crippen molar-refractivity contribution in [2.75, 3.05) is 13.7 Å². The van der Waals surface area contributed by atoms with Crippen LogP contribution in [0.25, 0.3) is 0 Å². The van der Waals surface area contributed by atoms with Gasteiger partial charge >= 0.3 is 5.97 Å². The molecule has 1 aliphatic heterocycles. The Kier molecular flexibility index (Phi) is 4.59. The summed E-state index contributed by atoms with van der Waals surface area (Å²) in [6.45, 7) is 5.42. The van der Waals surface area contributed by atoms with E-state index in [2.05, 4.69) is 18.7 Å². The van der Waals surface area contributed by atoms with Crippen LogP contribution >= 0.6 is 0 Å². The van der Waals surface area contributed by atoms with Crippen molar-refractivity contribution >= 4 is 5.97 Å². The van der Waals surface area contributed by atoms with E-state index in [1.807, 2.05) is 30.3 Å². The molecule has 0 aromatic heterocycles. The predicted octanol–water partition coefficient (Wildman–Crippen LogP) is 3.02. The fourth-order valence-corrected chi connectivity index (χ4v) is 3.06. The number of benzene rings is 1. The van der Waals surface area contributed by atoms with E-state index in [1.165, 1.54) is 7.11 Å². The SMILES string of the molecule is COC(=O)[C@@H](c1ccccc1)N1CCC[C@H]1C(C)C. The molecule has 1 aliphatic rings. The first kappa shape index (κ1) is 14.1. The van der Waals surface area contributed by atoms with Gasteiger partial charge < -0.3 is 4.74 Å². The van der Waals surface area contributed by atoms with E-state index in [0.717, 1.165) is 24.9 Å². The standard InChI is InChI=1S/C16H23NO2/c1-12(2)14-10-7-11-17(14)15(16(18)19-3)13-8-5-4-6-9-13/h4-6,8-9,12,14-15H,7,10-11H2,1-3H3/t14-,15+/m0/s1. The average Bonchev–Trinajstić information content (AvgIpc) is 2.89. The quantitative estimate of drug-likeness (QED) is 0.780. The molecule has 2 atom stereocenters. The number of rotatable bonds is 4. The average molecular weight is 261 g/mol. The van der Waals surface area contributed by atoms with E-state index in [4.69, 9.17) is 4.74 Å². The molecule has 0 radical (unpaired) electrons. The minimum absolute atomic E-state index is 0.154. The van der Waals surface area contributed by atoms with E-state index in [0.29, 0.717) is 12.0 Å². The molecular weight excluding hydrogens is 238 g/mol. The van der Waals surface area contributed by atoms with Crippen LogP contribution in [0.3, 0.4) is 0 Å². The molecule has 0 spiro atoms. The van der Waals surface area contributed by atoms with Gasteiger partial charge in [-0.25, -0.2) is 4.79 Å². The number of methoxy groups -OCH3 is 1. The molecular formula is C16H23NO2. The summed E-state index contributed by atoms with van der Waals surface area (Å²) in [5.41, 5.74) is 1.03. The van der Waals surface area contributed by atoms with Crippen LogP contribution in [-0.2, 0) is 9.53 Å². The Balaban J connectivity index is 2.30. The molecule has 0 aliphatic carbocycles. The van der Waals surface area contributed by atoms with Gasteiger partial charge in [0.1, 0.15) is 6.04 Å². The summed E-state index contributed by atoms with van der Waals surface area (Å²) >= 11 is 0. The fraction of sp³-hybridized carbons (Fsp3) is 0.562. The van der Waals surface area contributed by atoms with Gasteiger partial charge in [0.2, 0.25) is 0 Å². The zero-order valence-corrected chi connectivity index (χ0v) is 12.0. The molecule has 3 heteroatoms. The Morgan fingerprint density at radius 2 is 2.00 bits per heavy atom. The van der Waals surface area contributed by atoms with Gasteiger partial charge in [0.15, 0.2) is 0 Å². The third kappa shape index (κ3) is 2.98. The normalized spacial score (nSPS) is 21.6. The molecule has 1 fully saturated rings. The maximum atomic E-state index is 12.2. The Morgan fingerprint density at radius 3 is 2.58 bits per heavy atom. The number of nitrogens with zero attached hydrogens (tertiary/aromatic N) is 1. The van der Waals surface area contributed by atoms with Gasteiger partial charge in [-0.3, -0.25) is 4.90 Å². The van der Waals surface area contributed by atoms with Crippen LogP contribution in [0.4, 0.5) is 0 Å². The minimum Gasteiger partial charge on any atom is -0.468 e. The number of ether oxygens (including phenoxy) is 1. The molecule has 0 amide bonds. The lowest BCUT2D eigenvalue weighted by Crippen LogP contribution is -2.40. The molecule has 0 bridgehead atoms. The summed E-state index contributed by atoms with van der Waals surface area (Å²) in [6.07, 6.45) is 2.32. The first-order valence-corrected chi connectivity index (χ1v) is 7.03. The third-order valence-electron chi connectivity index (χ3n) is 3.98. The maximum absolute atomic E-state index is 12.2. The lowest BCUT2D eigenvalue weighted by Gasteiger charge is -2.33. The molecule has 0 saturated carbocycles. The highest BCUT2D eigenvalue weighted by Crippen LogP contribution is 2.33. The van der Waals surface area contributed by atoms with Crippen LogP contribution in [0.15, 0.2) is 30.3 Å². The number of esters is 1. The van der Waals surface area contributed by atoms with Gasteiger partial charge in [-0.1, -0.05) is 44.2 Å². The maximum Gasteiger partial charge on any atom is 0.327 e. The monoisotopic (exact) mass is 261 g/mol. The van der Waals surface area contributed by atoms with E-state index in [9.17, 15) is 4.79 Å². The summed E-state index contributed by atoms with van der Waals surface area (Å²) in [6, 6.07) is 10.2. The summed E-state index contributed by atoms with van der Waals surface area (Å²) < 4.78 is 5.03. The van der Waals surface area contributed by atoms with Crippen molar-refractivity contribution in [3.05, 3.63) is 35.9 Å². The largest absolute Gasteiger partial charge is 0.468 e. The van der Waals surface area contributed by atoms with E-state index < -0.39 is 0 Å². The second kappa shape index (κ2) is 6.20. The first-order chi connectivity index (χ1) is 9.15. The van der Waals surface area contributed by atoms with Crippen LogP contribution < -0.4 is 0 Å². The molecule has 104 valence electrons. The number of carbonyl (C=O) groups is 1. The summed E-state index contributed by atoms with van der Waals surface area (Å²) in [5.74, 6) is 0.400. The van der Waals surface area contributed by atoms with E-state index in [-0.39, 0.29) is 12.0 Å². The van der Waals surface area contributed by atoms with Crippen LogP contribution in [0.2, 0.25) is 0 Å². The van der Waals surface area contributed by atoms with E-state index in [1.54, 1.807) is 0 Å². The first-order valence-electron chi connectivity index (χ1n) is 7.03.